The molecule has 0 aliphatic heterocycles. The molecule has 0 unspecified atom stereocenters. The lowest BCUT2D eigenvalue weighted by atomic mass is 10.4. The number of hydrogen-bond acceptors (Lipinski definition) is 1. The predicted octanol–water partition coefficient (Wildman–Crippen LogP) is 0.222. The van der Waals surface area contributed by atoms with Gasteiger partial charge in [0.05, 0.1) is 0 Å². The molecule has 0 amide bonds. The van der Waals surface area contributed by atoms with Crippen LogP contribution in [-0.2, 0) is 0 Å². The molecule has 0 saturated heterocycles. The molecule has 1 nitrogen and oxygen atoms in total. The molecule has 0 rings (SSSR count). The Hall–Kier alpha value is 1.02. The highest BCUT2D eigenvalue weighted by Gasteiger charge is 1.79. The second kappa shape index (κ2) is 6.02. The average molecular weight is 120 g/mol. The predicted molar refractivity (Wildman–Crippen MR) is 32.7 cm³/mol. The van der Waals surface area contributed by atoms with E-state index in [1.54, 1.807) is 0 Å². The van der Waals surface area contributed by atoms with E-state index in [-0.39, 0.29) is 23.1 Å². The summed E-state index contributed by atoms with van der Waals surface area (Å²) < 4.78 is 0. The van der Waals surface area contributed by atoms with Crippen molar-refractivity contribution in [2.75, 3.05) is 0 Å². The first-order valence-corrected chi connectivity index (χ1v) is 2.01. The van der Waals surface area contributed by atoms with Gasteiger partial charge in [0.1, 0.15) is 0 Å². The molecule has 0 fully saturated rings. The maximum atomic E-state index is 5.09. The summed E-state index contributed by atoms with van der Waals surface area (Å²) in [6.45, 7) is 3.96. The van der Waals surface area contributed by atoms with Gasteiger partial charge in [-0.25, -0.2) is 4.84 Å². The smallest absolute Gasteiger partial charge is 0.231 e. The molecule has 0 atom stereocenters. The molecule has 0 spiro atoms. The van der Waals surface area contributed by atoms with Crippen LogP contribution in [0.2, 0.25) is 0 Å². The Labute approximate surface area is 59.7 Å². The van der Waals surface area contributed by atoms with E-state index < -0.39 is 0 Å². The third-order valence-electron chi connectivity index (χ3n) is 0.218. The highest BCUT2D eigenvalue weighted by atomic mass is 35.5. The summed E-state index contributed by atoms with van der Waals surface area (Å²) in [5.41, 5.74) is 0. The van der Waals surface area contributed by atoms with Gasteiger partial charge in [0.25, 0.3) is 0 Å². The Balaban J connectivity index is 0. The van der Waals surface area contributed by atoms with Gasteiger partial charge in [-0.3, -0.25) is 0 Å². The van der Waals surface area contributed by atoms with Gasteiger partial charge in [-0.15, -0.1) is 0 Å². The highest BCUT2D eigenvalue weighted by Crippen LogP contribution is 1.73. The molecule has 6 heavy (non-hydrogen) atoms. The zero-order valence-electron chi connectivity index (χ0n) is 3.46. The van der Waals surface area contributed by atoms with Crippen molar-refractivity contribution < 1.29 is 0 Å². The lowest BCUT2D eigenvalue weighted by Gasteiger charge is -1.92. The van der Waals surface area contributed by atoms with Crippen molar-refractivity contribution in [3.63, 3.8) is 0 Å². The Morgan fingerprint density at radius 2 is 1.67 bits per heavy atom. The van der Waals surface area contributed by atoms with Gasteiger partial charge in [0.15, 0.2) is 0 Å². The summed E-state index contributed by atoms with van der Waals surface area (Å²) in [4.78, 5) is 2.50. The van der Waals surface area contributed by atoms with Gasteiger partial charge in [-0.1, -0.05) is 0 Å². The first kappa shape index (κ1) is 10.1. The van der Waals surface area contributed by atoms with E-state index in [1.807, 2.05) is 13.8 Å². The van der Waals surface area contributed by atoms with Gasteiger partial charge < -0.3 is 0 Å². The molecule has 36 valence electrons. The van der Waals surface area contributed by atoms with Crippen LogP contribution < -0.4 is 4.84 Å². The fourth-order valence-corrected chi connectivity index (χ4v) is 0. The molecule has 0 saturated carbocycles. The first-order valence-electron chi connectivity index (χ1n) is 1.63. The molecule has 0 aliphatic carbocycles. The van der Waals surface area contributed by atoms with E-state index in [9.17, 15) is 0 Å². The van der Waals surface area contributed by atoms with Crippen LogP contribution in [0.3, 0.4) is 0 Å². The van der Waals surface area contributed by atoms with E-state index in [0.717, 1.165) is 0 Å². The Bertz CT molecular complexity index is 24.8. The van der Waals surface area contributed by atoms with Gasteiger partial charge >= 0.3 is 23.1 Å². The minimum absolute atomic E-state index is 0. The van der Waals surface area contributed by atoms with Crippen molar-refractivity contribution in [3.8, 4) is 0 Å². The second-order valence-electron chi connectivity index (χ2n) is 1.26. The van der Waals surface area contributed by atoms with Crippen LogP contribution in [0.4, 0.5) is 0 Å². The molecule has 0 bridgehead atoms. The summed E-state index contributed by atoms with van der Waals surface area (Å²) in [5, 5.41) is 0. The Kier molecular flexibility index (Phi) is 10.1. The molecule has 3 heteroatoms. The fourth-order valence-electron chi connectivity index (χ4n) is 0. The van der Waals surface area contributed by atoms with Crippen LogP contribution >= 0.6 is 11.8 Å². The molecule has 0 aliphatic rings. The number of nitrogens with one attached hydrogen (secondary N) is 1. The van der Waals surface area contributed by atoms with E-state index in [2.05, 4.69) is 4.84 Å². The van der Waals surface area contributed by atoms with E-state index in [1.165, 1.54) is 0 Å². The Morgan fingerprint density at radius 1 is 1.50 bits per heavy atom. The quantitative estimate of drug-likeness (QED) is 0.385. The van der Waals surface area contributed by atoms with E-state index in [4.69, 9.17) is 11.8 Å². The summed E-state index contributed by atoms with van der Waals surface area (Å²) in [5.74, 6) is 0. The lowest BCUT2D eigenvalue weighted by Crippen LogP contribution is -2.09. The zero-order valence-corrected chi connectivity index (χ0v) is 4.21. The summed E-state index contributed by atoms with van der Waals surface area (Å²) in [7, 11) is 0. The van der Waals surface area contributed by atoms with Gasteiger partial charge in [0, 0.05) is 6.04 Å². The highest BCUT2D eigenvalue weighted by molar-refractivity contribution is 6.13. The molecule has 1 N–H and O–H groups in total. The van der Waals surface area contributed by atoms with E-state index in [0.29, 0.717) is 6.04 Å². The third-order valence-corrected chi connectivity index (χ3v) is 0.655. The van der Waals surface area contributed by atoms with Crippen LogP contribution in [0.5, 0.6) is 0 Å². The largest absolute Gasteiger partial charge is 0.316 e. The monoisotopic (exact) mass is 119 g/mol. The van der Waals surface area contributed by atoms with Gasteiger partial charge in [-0.2, -0.15) is 0 Å². The van der Waals surface area contributed by atoms with Crippen LogP contribution in [0.15, 0.2) is 0 Å². The molecular formula is C3H10ClMgN. The molecule has 0 radical (unpaired) electrons. The standard InChI is InChI=1S/C3H8ClN.Mg.2H/c1-3(2)5-4;;;/h3,5H,1-2H3;;;. The van der Waals surface area contributed by atoms with Gasteiger partial charge in [0.2, 0.25) is 0 Å². The van der Waals surface area contributed by atoms with Crippen LogP contribution in [0.25, 0.3) is 0 Å². The normalized spacial score (nSPS) is 8.00. The number of hydrogen-bond donors (Lipinski definition) is 1. The SMILES string of the molecule is CC(C)NCl.[MgH2]. The van der Waals surface area contributed by atoms with Crippen molar-refractivity contribution in [1.29, 1.82) is 0 Å². The zero-order chi connectivity index (χ0) is 4.28. The Morgan fingerprint density at radius 3 is 1.67 bits per heavy atom. The van der Waals surface area contributed by atoms with Gasteiger partial charge in [-0.05, 0) is 25.6 Å². The molecule has 0 aromatic carbocycles. The van der Waals surface area contributed by atoms with Crippen molar-refractivity contribution in [3.05, 3.63) is 0 Å². The molecule has 0 aromatic rings. The number of halogens is 1. The minimum Gasteiger partial charge on any atom is -0.231 e. The fraction of sp³-hybridized carbons (Fsp3) is 1.00. The van der Waals surface area contributed by atoms with Crippen molar-refractivity contribution in [2.45, 2.75) is 19.9 Å². The van der Waals surface area contributed by atoms with Crippen LogP contribution in [0, 0.1) is 0 Å². The topological polar surface area (TPSA) is 12.0 Å². The molecular weight excluding hydrogens is 110 g/mol. The summed E-state index contributed by atoms with van der Waals surface area (Å²) >= 11 is 5.09. The maximum absolute atomic E-state index is 5.09. The lowest BCUT2D eigenvalue weighted by molar-refractivity contribution is 0.762. The van der Waals surface area contributed by atoms with Crippen molar-refractivity contribution >= 4 is 34.8 Å². The van der Waals surface area contributed by atoms with E-state index >= 15 is 0 Å². The van der Waals surface area contributed by atoms with Crippen LogP contribution in [-0.4, -0.2) is 29.1 Å². The average Bonchev–Trinajstić information content (AvgIpc) is 1.38. The second-order valence-corrected chi connectivity index (χ2v) is 1.48. The summed E-state index contributed by atoms with van der Waals surface area (Å²) in [6.07, 6.45) is 0. The van der Waals surface area contributed by atoms with Crippen LogP contribution in [0.1, 0.15) is 13.8 Å². The van der Waals surface area contributed by atoms with Crippen molar-refractivity contribution in [2.24, 2.45) is 0 Å². The molecule has 0 aromatic heterocycles. The molecule has 0 heterocycles. The first-order chi connectivity index (χ1) is 2.27. The number of rotatable bonds is 1. The maximum Gasteiger partial charge on any atom is 0.316 e. The minimum atomic E-state index is 0. The van der Waals surface area contributed by atoms with Crippen molar-refractivity contribution in [1.82, 2.24) is 4.84 Å². The third kappa shape index (κ3) is 8.89. The summed E-state index contributed by atoms with van der Waals surface area (Å²) in [6, 6.07) is 0.400.